The number of hydrogen-bond acceptors (Lipinski definition) is 5. The molecule has 6 nitrogen and oxygen atoms in total. The molecule has 28 heavy (non-hydrogen) atoms. The summed E-state index contributed by atoms with van der Waals surface area (Å²) in [5, 5.41) is 2.89. The van der Waals surface area contributed by atoms with Gasteiger partial charge in [0.25, 0.3) is 0 Å². The van der Waals surface area contributed by atoms with Crippen LogP contribution in [0.2, 0.25) is 0 Å². The molecule has 2 rings (SSSR count). The van der Waals surface area contributed by atoms with Crippen LogP contribution in [0.4, 0.5) is 4.79 Å². The number of benzene rings is 1. The van der Waals surface area contributed by atoms with E-state index in [1.165, 1.54) is 7.11 Å². The van der Waals surface area contributed by atoms with Gasteiger partial charge in [-0.25, -0.2) is 4.79 Å². The van der Waals surface area contributed by atoms with Gasteiger partial charge in [0.2, 0.25) is 0 Å². The second-order valence-corrected chi connectivity index (χ2v) is 8.77. The summed E-state index contributed by atoms with van der Waals surface area (Å²) < 4.78 is 16.2. The number of esters is 1. The highest BCUT2D eigenvalue weighted by Crippen LogP contribution is 2.28. The molecule has 2 radical (unpaired) electrons. The zero-order chi connectivity index (χ0) is 21.1. The zero-order valence-electron chi connectivity index (χ0n) is 17.6. The van der Waals surface area contributed by atoms with Gasteiger partial charge in [0.05, 0.1) is 12.5 Å². The molecule has 7 heteroatoms. The van der Waals surface area contributed by atoms with Crippen molar-refractivity contribution >= 4 is 25.4 Å². The summed E-state index contributed by atoms with van der Waals surface area (Å²) in [4.78, 5) is 23.9. The van der Waals surface area contributed by atoms with Crippen molar-refractivity contribution < 1.29 is 23.8 Å². The Morgan fingerprint density at radius 3 is 2.39 bits per heavy atom. The molecule has 0 saturated heterocycles. The standard InChI is InChI=1S/C21H30BNO5/c1-20(2,3)28-19(25)23-14-8-9-15(12-14)27-17-10-7-13(11-16(17)22)21(4,5)18(24)26-6/h7,10-11,14-15H,8-9,12H2,1-6H3,(H,23,25)/t14-,15-/m1/s1. The number of carbonyl (C=O) groups excluding carboxylic acids is 2. The minimum Gasteiger partial charge on any atom is -0.491 e. The van der Waals surface area contributed by atoms with E-state index in [1.54, 1.807) is 26.0 Å². The van der Waals surface area contributed by atoms with Gasteiger partial charge in [-0.2, -0.15) is 0 Å². The molecule has 1 aliphatic carbocycles. The quantitative estimate of drug-likeness (QED) is 0.621. The highest BCUT2D eigenvalue weighted by Gasteiger charge is 2.32. The smallest absolute Gasteiger partial charge is 0.407 e. The summed E-state index contributed by atoms with van der Waals surface area (Å²) in [7, 11) is 7.52. The first kappa shape index (κ1) is 22.1. The van der Waals surface area contributed by atoms with Gasteiger partial charge in [0.15, 0.2) is 0 Å². The average molecular weight is 387 g/mol. The third-order valence-corrected chi connectivity index (χ3v) is 4.83. The maximum absolute atomic E-state index is 12.0. The second-order valence-electron chi connectivity index (χ2n) is 8.77. The summed E-state index contributed by atoms with van der Waals surface area (Å²) in [6.45, 7) is 9.08. The lowest BCUT2D eigenvalue weighted by Crippen LogP contribution is -2.38. The van der Waals surface area contributed by atoms with Gasteiger partial charge in [-0.3, -0.25) is 4.79 Å². The molecule has 1 aromatic carbocycles. The van der Waals surface area contributed by atoms with Crippen LogP contribution < -0.4 is 15.5 Å². The summed E-state index contributed by atoms with van der Waals surface area (Å²) >= 11 is 0. The molecule has 0 aromatic heterocycles. The van der Waals surface area contributed by atoms with Crippen molar-refractivity contribution in [2.75, 3.05) is 7.11 Å². The molecule has 1 amide bonds. The van der Waals surface area contributed by atoms with Crippen molar-refractivity contribution in [3.63, 3.8) is 0 Å². The van der Waals surface area contributed by atoms with Gasteiger partial charge < -0.3 is 19.5 Å². The number of carbonyl (C=O) groups is 2. The molecule has 1 N–H and O–H groups in total. The van der Waals surface area contributed by atoms with Gasteiger partial charge in [-0.05, 0) is 59.1 Å². The molecule has 1 saturated carbocycles. The Labute approximate surface area is 168 Å². The van der Waals surface area contributed by atoms with E-state index in [4.69, 9.17) is 22.1 Å². The van der Waals surface area contributed by atoms with Crippen molar-refractivity contribution in [2.24, 2.45) is 0 Å². The summed E-state index contributed by atoms with van der Waals surface area (Å²) in [6.07, 6.45) is 1.87. The number of ether oxygens (including phenoxy) is 3. The Hall–Kier alpha value is -2.18. The van der Waals surface area contributed by atoms with Crippen molar-refractivity contribution in [1.82, 2.24) is 5.32 Å². The minimum atomic E-state index is -0.794. The monoisotopic (exact) mass is 387 g/mol. The van der Waals surface area contributed by atoms with Gasteiger partial charge in [0.1, 0.15) is 25.3 Å². The number of methoxy groups -OCH3 is 1. The fourth-order valence-electron chi connectivity index (χ4n) is 3.25. The Bertz CT molecular complexity index is 726. The molecular formula is C21H30BNO5. The van der Waals surface area contributed by atoms with Crippen molar-refractivity contribution in [1.29, 1.82) is 0 Å². The fraction of sp³-hybridized carbons (Fsp3) is 0.619. The Kier molecular flexibility index (Phi) is 6.68. The van der Waals surface area contributed by atoms with E-state index in [1.807, 2.05) is 26.8 Å². The number of rotatable bonds is 5. The highest BCUT2D eigenvalue weighted by atomic mass is 16.6. The van der Waals surface area contributed by atoms with E-state index in [0.717, 1.165) is 18.4 Å². The lowest BCUT2D eigenvalue weighted by Gasteiger charge is -2.24. The maximum atomic E-state index is 12.0. The largest absolute Gasteiger partial charge is 0.491 e. The molecule has 0 aliphatic heterocycles. The SMILES string of the molecule is [B]c1cc(C(C)(C)C(=O)OC)ccc1O[C@@H]1CC[C@@H](NC(=O)OC(C)(C)C)C1. The predicted octanol–water partition coefficient (Wildman–Crippen LogP) is 2.76. The lowest BCUT2D eigenvalue weighted by molar-refractivity contribution is -0.146. The topological polar surface area (TPSA) is 73.9 Å². The predicted molar refractivity (Wildman–Crippen MR) is 108 cm³/mol. The molecule has 1 aromatic rings. The molecule has 1 fully saturated rings. The number of alkyl carbamates (subject to hydrolysis) is 1. The molecule has 2 atom stereocenters. The molecule has 0 unspecified atom stereocenters. The third-order valence-electron chi connectivity index (χ3n) is 4.83. The summed E-state index contributed by atoms with van der Waals surface area (Å²) in [5.74, 6) is 0.250. The first-order chi connectivity index (χ1) is 12.9. The lowest BCUT2D eigenvalue weighted by atomic mass is 9.81. The zero-order valence-corrected chi connectivity index (χ0v) is 17.6. The van der Waals surface area contributed by atoms with E-state index >= 15 is 0 Å². The number of amides is 1. The van der Waals surface area contributed by atoms with Crippen LogP contribution in [0.25, 0.3) is 0 Å². The van der Waals surface area contributed by atoms with E-state index in [-0.39, 0.29) is 18.1 Å². The first-order valence-corrected chi connectivity index (χ1v) is 9.57. The van der Waals surface area contributed by atoms with Crippen LogP contribution in [0.5, 0.6) is 5.75 Å². The van der Waals surface area contributed by atoms with Gasteiger partial charge in [-0.15, -0.1) is 0 Å². The third kappa shape index (κ3) is 5.66. The molecular weight excluding hydrogens is 357 g/mol. The van der Waals surface area contributed by atoms with Gasteiger partial charge in [0, 0.05) is 12.5 Å². The van der Waals surface area contributed by atoms with Crippen LogP contribution in [-0.2, 0) is 19.7 Å². The van der Waals surface area contributed by atoms with E-state index < -0.39 is 17.1 Å². The van der Waals surface area contributed by atoms with Crippen LogP contribution >= 0.6 is 0 Å². The van der Waals surface area contributed by atoms with E-state index in [0.29, 0.717) is 17.6 Å². The Balaban J connectivity index is 1.96. The minimum absolute atomic E-state index is 0.0126. The average Bonchev–Trinajstić information content (AvgIpc) is 3.00. The van der Waals surface area contributed by atoms with E-state index in [9.17, 15) is 9.59 Å². The summed E-state index contributed by atoms with van der Waals surface area (Å²) in [5.41, 5.74) is -0.0812. The van der Waals surface area contributed by atoms with Gasteiger partial charge in [-0.1, -0.05) is 17.6 Å². The molecule has 1 aliphatic rings. The number of hydrogen-bond donors (Lipinski definition) is 1. The summed E-state index contributed by atoms with van der Waals surface area (Å²) in [6, 6.07) is 5.37. The maximum Gasteiger partial charge on any atom is 0.407 e. The molecule has 0 heterocycles. The molecule has 152 valence electrons. The van der Waals surface area contributed by atoms with Crippen LogP contribution in [0.1, 0.15) is 59.4 Å². The Morgan fingerprint density at radius 1 is 1.14 bits per heavy atom. The van der Waals surface area contributed by atoms with Crippen LogP contribution in [0.3, 0.4) is 0 Å². The van der Waals surface area contributed by atoms with Crippen molar-refractivity contribution in [3.8, 4) is 5.75 Å². The van der Waals surface area contributed by atoms with Crippen molar-refractivity contribution in [3.05, 3.63) is 23.8 Å². The normalized spacial score (nSPS) is 19.8. The Morgan fingerprint density at radius 2 is 1.82 bits per heavy atom. The number of nitrogens with one attached hydrogen (secondary N) is 1. The fourth-order valence-corrected chi connectivity index (χ4v) is 3.25. The van der Waals surface area contributed by atoms with Crippen LogP contribution in [-0.4, -0.2) is 44.8 Å². The van der Waals surface area contributed by atoms with Crippen LogP contribution in [0, 0.1) is 0 Å². The molecule has 0 spiro atoms. The first-order valence-electron chi connectivity index (χ1n) is 9.57. The van der Waals surface area contributed by atoms with Crippen molar-refractivity contribution in [2.45, 2.75) is 77.0 Å². The second kappa shape index (κ2) is 8.45. The van der Waals surface area contributed by atoms with Crippen LogP contribution in [0.15, 0.2) is 18.2 Å². The molecule has 0 bridgehead atoms. The van der Waals surface area contributed by atoms with E-state index in [2.05, 4.69) is 5.32 Å². The van der Waals surface area contributed by atoms with Gasteiger partial charge >= 0.3 is 12.1 Å². The highest BCUT2D eigenvalue weighted by molar-refractivity contribution is 6.34.